The van der Waals surface area contributed by atoms with Crippen molar-refractivity contribution >= 4 is 28.6 Å². The van der Waals surface area contributed by atoms with Gasteiger partial charge in [-0.1, -0.05) is 17.7 Å². The Morgan fingerprint density at radius 2 is 2.18 bits per heavy atom. The molecule has 0 unspecified atom stereocenters. The number of thiazole rings is 1. The molecule has 112 valence electrons. The average molecular weight is 333 g/mol. The summed E-state index contributed by atoms with van der Waals surface area (Å²) in [5.41, 5.74) is 1.76. The van der Waals surface area contributed by atoms with Crippen molar-refractivity contribution in [3.8, 4) is 11.6 Å². The van der Waals surface area contributed by atoms with E-state index in [0.29, 0.717) is 22.6 Å². The minimum Gasteiger partial charge on any atom is -0.437 e. The van der Waals surface area contributed by atoms with Crippen LogP contribution in [0.15, 0.2) is 42.9 Å². The van der Waals surface area contributed by atoms with E-state index in [-0.39, 0.29) is 0 Å². The van der Waals surface area contributed by atoms with Crippen LogP contribution in [-0.4, -0.2) is 15.0 Å². The molecule has 0 saturated carbocycles. The van der Waals surface area contributed by atoms with E-state index in [4.69, 9.17) is 16.3 Å². The molecule has 0 atom stereocenters. The average Bonchev–Trinajstić information content (AvgIpc) is 2.91. The maximum absolute atomic E-state index is 5.82. The molecule has 7 heteroatoms. The first-order valence-corrected chi connectivity index (χ1v) is 7.79. The molecule has 0 aliphatic heterocycles. The Labute approximate surface area is 137 Å². The van der Waals surface area contributed by atoms with Gasteiger partial charge in [-0.25, -0.2) is 9.97 Å². The SMILES string of the molecule is Cc1cncc(Oc2cccc(NCc3cnc(Cl)s3)c2)n1. The molecule has 2 aromatic heterocycles. The van der Waals surface area contributed by atoms with E-state index in [0.717, 1.165) is 16.3 Å². The van der Waals surface area contributed by atoms with E-state index in [1.165, 1.54) is 11.3 Å². The second-order valence-corrected chi connectivity index (χ2v) is 6.26. The Bertz CT molecular complexity index is 777. The Hall–Kier alpha value is -2.18. The first-order chi connectivity index (χ1) is 10.7. The number of nitrogens with one attached hydrogen (secondary N) is 1. The molecule has 0 radical (unpaired) electrons. The highest BCUT2D eigenvalue weighted by Crippen LogP contribution is 2.24. The molecule has 0 bridgehead atoms. The second kappa shape index (κ2) is 6.72. The van der Waals surface area contributed by atoms with Crippen molar-refractivity contribution in [2.45, 2.75) is 13.5 Å². The molecule has 0 saturated heterocycles. The first kappa shape index (κ1) is 14.7. The van der Waals surface area contributed by atoms with Crippen LogP contribution in [0.5, 0.6) is 11.6 Å². The normalized spacial score (nSPS) is 10.5. The van der Waals surface area contributed by atoms with E-state index in [2.05, 4.69) is 20.3 Å². The van der Waals surface area contributed by atoms with Crippen LogP contribution in [-0.2, 0) is 6.54 Å². The number of hydrogen-bond acceptors (Lipinski definition) is 6. The van der Waals surface area contributed by atoms with E-state index in [9.17, 15) is 0 Å². The summed E-state index contributed by atoms with van der Waals surface area (Å²) in [6.45, 7) is 2.54. The highest BCUT2D eigenvalue weighted by Gasteiger charge is 2.03. The smallest absolute Gasteiger partial charge is 0.238 e. The quantitative estimate of drug-likeness (QED) is 0.754. The van der Waals surface area contributed by atoms with Gasteiger partial charge in [0.25, 0.3) is 0 Å². The molecular weight excluding hydrogens is 320 g/mol. The number of aryl methyl sites for hydroxylation is 1. The number of rotatable bonds is 5. The zero-order valence-electron chi connectivity index (χ0n) is 11.8. The van der Waals surface area contributed by atoms with Crippen LogP contribution in [0.3, 0.4) is 0 Å². The topological polar surface area (TPSA) is 59.9 Å². The molecule has 0 aliphatic rings. The molecule has 1 aromatic carbocycles. The maximum Gasteiger partial charge on any atom is 0.238 e. The lowest BCUT2D eigenvalue weighted by Crippen LogP contribution is -1.98. The van der Waals surface area contributed by atoms with Crippen LogP contribution in [0.2, 0.25) is 4.47 Å². The number of nitrogens with zero attached hydrogens (tertiary/aromatic N) is 3. The van der Waals surface area contributed by atoms with Crippen molar-refractivity contribution in [3.05, 3.63) is 57.9 Å². The largest absolute Gasteiger partial charge is 0.437 e. The standard InChI is InChI=1S/C15H13ClN4OS/c1-10-6-17-9-14(20-10)21-12-4-2-3-11(5-12)18-7-13-8-19-15(16)22-13/h2-6,8-9,18H,7H2,1H3. The molecule has 0 amide bonds. The molecule has 3 aromatic rings. The molecule has 22 heavy (non-hydrogen) atoms. The van der Waals surface area contributed by atoms with E-state index < -0.39 is 0 Å². The molecule has 0 fully saturated rings. The van der Waals surface area contributed by atoms with Gasteiger partial charge in [-0.2, -0.15) is 0 Å². The van der Waals surface area contributed by atoms with Crippen LogP contribution < -0.4 is 10.1 Å². The molecular formula is C15H13ClN4OS. The van der Waals surface area contributed by atoms with E-state index >= 15 is 0 Å². The molecule has 0 aliphatic carbocycles. The summed E-state index contributed by atoms with van der Waals surface area (Å²) in [7, 11) is 0. The highest BCUT2D eigenvalue weighted by molar-refractivity contribution is 7.15. The van der Waals surface area contributed by atoms with Gasteiger partial charge in [-0.05, 0) is 19.1 Å². The van der Waals surface area contributed by atoms with Crippen molar-refractivity contribution in [2.75, 3.05) is 5.32 Å². The fourth-order valence-electron chi connectivity index (χ4n) is 1.83. The van der Waals surface area contributed by atoms with Gasteiger partial charge in [-0.15, -0.1) is 11.3 Å². The fourth-order valence-corrected chi connectivity index (χ4v) is 2.75. The number of halogens is 1. The third-order valence-electron chi connectivity index (χ3n) is 2.78. The predicted molar refractivity (Wildman–Crippen MR) is 87.7 cm³/mol. The minimum absolute atomic E-state index is 0.478. The Balaban J connectivity index is 1.67. The molecule has 5 nitrogen and oxygen atoms in total. The van der Waals surface area contributed by atoms with Gasteiger partial charge < -0.3 is 10.1 Å². The number of ether oxygens (including phenoxy) is 1. The van der Waals surface area contributed by atoms with Crippen molar-refractivity contribution in [2.24, 2.45) is 0 Å². The summed E-state index contributed by atoms with van der Waals surface area (Å²) in [5, 5.41) is 3.31. The summed E-state index contributed by atoms with van der Waals surface area (Å²) in [4.78, 5) is 13.4. The maximum atomic E-state index is 5.82. The number of hydrogen-bond donors (Lipinski definition) is 1. The van der Waals surface area contributed by atoms with Gasteiger partial charge in [-0.3, -0.25) is 4.98 Å². The van der Waals surface area contributed by atoms with E-state index in [1.807, 2.05) is 31.2 Å². The number of anilines is 1. The first-order valence-electron chi connectivity index (χ1n) is 6.60. The zero-order chi connectivity index (χ0) is 15.4. The van der Waals surface area contributed by atoms with Crippen molar-refractivity contribution < 1.29 is 4.74 Å². The molecule has 2 heterocycles. The zero-order valence-corrected chi connectivity index (χ0v) is 13.4. The predicted octanol–water partition coefficient (Wildman–Crippen LogP) is 4.30. The lowest BCUT2D eigenvalue weighted by molar-refractivity contribution is 0.459. The summed E-state index contributed by atoms with van der Waals surface area (Å²) >= 11 is 7.27. The third kappa shape index (κ3) is 3.93. The van der Waals surface area contributed by atoms with Gasteiger partial charge in [0.05, 0.1) is 18.4 Å². The summed E-state index contributed by atoms with van der Waals surface area (Å²) in [6, 6.07) is 7.67. The van der Waals surface area contributed by atoms with Gasteiger partial charge in [0.2, 0.25) is 5.88 Å². The molecule has 3 rings (SSSR count). The monoisotopic (exact) mass is 332 g/mol. The lowest BCUT2D eigenvalue weighted by Gasteiger charge is -2.08. The van der Waals surface area contributed by atoms with Crippen LogP contribution >= 0.6 is 22.9 Å². The van der Waals surface area contributed by atoms with Gasteiger partial charge in [0.1, 0.15) is 5.75 Å². The molecule has 1 N–H and O–H groups in total. The Morgan fingerprint density at radius 3 is 2.95 bits per heavy atom. The van der Waals surface area contributed by atoms with Crippen molar-refractivity contribution in [1.29, 1.82) is 0 Å². The van der Waals surface area contributed by atoms with Gasteiger partial charge in [0.15, 0.2) is 4.47 Å². The van der Waals surface area contributed by atoms with Gasteiger partial charge in [0, 0.05) is 29.0 Å². The summed E-state index contributed by atoms with van der Waals surface area (Å²) < 4.78 is 6.26. The number of benzene rings is 1. The van der Waals surface area contributed by atoms with Crippen molar-refractivity contribution in [3.63, 3.8) is 0 Å². The van der Waals surface area contributed by atoms with Crippen molar-refractivity contribution in [1.82, 2.24) is 15.0 Å². The second-order valence-electron chi connectivity index (χ2n) is 4.56. The Kier molecular flexibility index (Phi) is 4.50. The van der Waals surface area contributed by atoms with Crippen LogP contribution in [0.25, 0.3) is 0 Å². The summed E-state index contributed by atoms with van der Waals surface area (Å²) in [6.07, 6.45) is 5.04. The highest BCUT2D eigenvalue weighted by atomic mass is 35.5. The lowest BCUT2D eigenvalue weighted by atomic mass is 10.3. The summed E-state index contributed by atoms with van der Waals surface area (Å²) in [5.74, 6) is 1.18. The van der Waals surface area contributed by atoms with Gasteiger partial charge >= 0.3 is 0 Å². The third-order valence-corrected chi connectivity index (χ3v) is 3.90. The van der Waals surface area contributed by atoms with Crippen LogP contribution in [0, 0.1) is 6.92 Å². The van der Waals surface area contributed by atoms with Crippen LogP contribution in [0.1, 0.15) is 10.6 Å². The van der Waals surface area contributed by atoms with Crippen LogP contribution in [0.4, 0.5) is 5.69 Å². The van der Waals surface area contributed by atoms with E-state index in [1.54, 1.807) is 18.6 Å². The minimum atomic E-state index is 0.478. The fraction of sp³-hybridized carbons (Fsp3) is 0.133. The number of aromatic nitrogens is 3. The Morgan fingerprint density at radius 1 is 1.27 bits per heavy atom. The molecule has 0 spiro atoms.